The Bertz CT molecular complexity index is 744. The Kier molecular flexibility index (Phi) is 6.25. The van der Waals surface area contributed by atoms with Gasteiger partial charge in [0.2, 0.25) is 5.91 Å². The molecule has 26 heavy (non-hydrogen) atoms. The van der Waals surface area contributed by atoms with Crippen molar-refractivity contribution in [2.45, 2.75) is 31.7 Å². The molecule has 0 saturated heterocycles. The topological polar surface area (TPSA) is 75.6 Å². The summed E-state index contributed by atoms with van der Waals surface area (Å²) in [4.78, 5) is 24.3. The van der Waals surface area contributed by atoms with Gasteiger partial charge in [0, 0.05) is 4.88 Å². The van der Waals surface area contributed by atoms with E-state index in [0.29, 0.717) is 5.56 Å². The van der Waals surface area contributed by atoms with Gasteiger partial charge in [-0.25, -0.2) is 0 Å². The van der Waals surface area contributed by atoms with Crippen LogP contribution in [0.5, 0.6) is 5.75 Å². The van der Waals surface area contributed by atoms with E-state index in [4.69, 9.17) is 5.11 Å². The molecule has 2 rings (SSSR count). The van der Waals surface area contributed by atoms with Crippen molar-refractivity contribution in [1.29, 1.82) is 0 Å². The number of amides is 1. The number of nitrogens with one attached hydrogen (secondary N) is 1. The molecule has 0 bridgehead atoms. The summed E-state index contributed by atoms with van der Waals surface area (Å²) in [7, 11) is 0. The molecule has 1 heterocycles. The molecule has 2 N–H and O–H groups in total. The number of hydrogen-bond donors (Lipinski definition) is 2. The van der Waals surface area contributed by atoms with Gasteiger partial charge in [-0.05, 0) is 36.1 Å². The van der Waals surface area contributed by atoms with E-state index >= 15 is 0 Å². The van der Waals surface area contributed by atoms with Crippen molar-refractivity contribution in [2.75, 3.05) is 0 Å². The highest BCUT2D eigenvalue weighted by molar-refractivity contribution is 7.10. The molecule has 0 spiro atoms. The molecule has 2 aromatic rings. The van der Waals surface area contributed by atoms with Crippen LogP contribution in [0.15, 0.2) is 41.8 Å². The minimum atomic E-state index is -4.81. The third-order valence-electron chi connectivity index (χ3n) is 3.57. The standard InChI is InChI=1S/C17H16F3NO4S/c1-10(14-3-2-8-26-14)16(24)21-13(9-15(22)23)11-4-6-12(7-5-11)25-17(18,19)20/h2-8,10,13H,9H2,1H3,(H,21,24)(H,22,23). The summed E-state index contributed by atoms with van der Waals surface area (Å²) < 4.78 is 40.4. The summed E-state index contributed by atoms with van der Waals surface area (Å²) in [6.45, 7) is 1.69. The summed E-state index contributed by atoms with van der Waals surface area (Å²) in [5, 5.41) is 13.5. The molecule has 5 nitrogen and oxygen atoms in total. The number of carboxylic acids is 1. The third-order valence-corrected chi connectivity index (χ3v) is 4.63. The number of thiophene rings is 1. The van der Waals surface area contributed by atoms with Crippen LogP contribution in [0.25, 0.3) is 0 Å². The van der Waals surface area contributed by atoms with Crippen LogP contribution < -0.4 is 10.1 Å². The first-order chi connectivity index (χ1) is 12.2. The van der Waals surface area contributed by atoms with E-state index in [1.54, 1.807) is 19.1 Å². The SMILES string of the molecule is CC(C(=O)NC(CC(=O)O)c1ccc(OC(F)(F)F)cc1)c1cccs1. The van der Waals surface area contributed by atoms with E-state index in [1.807, 2.05) is 5.38 Å². The lowest BCUT2D eigenvalue weighted by molar-refractivity contribution is -0.274. The summed E-state index contributed by atoms with van der Waals surface area (Å²) in [5.41, 5.74) is 0.369. The average Bonchev–Trinajstić information content (AvgIpc) is 3.06. The van der Waals surface area contributed by atoms with Gasteiger partial charge in [0.15, 0.2) is 0 Å². The number of rotatable bonds is 7. The number of aliphatic carboxylic acids is 1. The molecular formula is C17H16F3NO4S. The van der Waals surface area contributed by atoms with E-state index in [-0.39, 0.29) is 5.91 Å². The van der Waals surface area contributed by atoms with Gasteiger partial charge in [-0.2, -0.15) is 0 Å². The highest BCUT2D eigenvalue weighted by Crippen LogP contribution is 2.27. The van der Waals surface area contributed by atoms with Gasteiger partial charge in [-0.1, -0.05) is 18.2 Å². The van der Waals surface area contributed by atoms with Gasteiger partial charge in [-0.3, -0.25) is 9.59 Å². The van der Waals surface area contributed by atoms with Crippen molar-refractivity contribution in [3.8, 4) is 5.75 Å². The minimum absolute atomic E-state index is 0.366. The first-order valence-corrected chi connectivity index (χ1v) is 8.45. The molecule has 0 aliphatic heterocycles. The van der Waals surface area contributed by atoms with Crippen LogP contribution in [-0.4, -0.2) is 23.3 Å². The normalized spacial score (nSPS) is 13.7. The zero-order chi connectivity index (χ0) is 19.3. The lowest BCUT2D eigenvalue weighted by Gasteiger charge is -2.20. The van der Waals surface area contributed by atoms with E-state index in [2.05, 4.69) is 10.1 Å². The van der Waals surface area contributed by atoms with E-state index in [0.717, 1.165) is 17.0 Å². The maximum absolute atomic E-state index is 12.4. The molecule has 140 valence electrons. The number of carbonyl (C=O) groups excluding carboxylic acids is 1. The Morgan fingerprint density at radius 1 is 1.23 bits per heavy atom. The second-order valence-corrected chi connectivity index (χ2v) is 6.49. The number of carbonyl (C=O) groups is 2. The van der Waals surface area contributed by atoms with Crippen LogP contribution in [0.4, 0.5) is 13.2 Å². The molecule has 0 aliphatic carbocycles. The maximum atomic E-state index is 12.4. The van der Waals surface area contributed by atoms with Gasteiger partial charge < -0.3 is 15.2 Å². The zero-order valence-electron chi connectivity index (χ0n) is 13.6. The van der Waals surface area contributed by atoms with Crippen molar-refractivity contribution in [2.24, 2.45) is 0 Å². The van der Waals surface area contributed by atoms with Crippen molar-refractivity contribution in [3.05, 3.63) is 52.2 Å². The molecule has 1 amide bonds. The van der Waals surface area contributed by atoms with Crippen LogP contribution in [0.2, 0.25) is 0 Å². The Labute approximate surface area is 151 Å². The van der Waals surface area contributed by atoms with Gasteiger partial charge in [0.05, 0.1) is 18.4 Å². The van der Waals surface area contributed by atoms with E-state index < -0.39 is 36.5 Å². The first-order valence-electron chi connectivity index (χ1n) is 7.57. The molecule has 1 aromatic heterocycles. The number of hydrogen-bond acceptors (Lipinski definition) is 4. The number of benzene rings is 1. The summed E-state index contributed by atoms with van der Waals surface area (Å²) in [5.74, 6) is -2.41. The van der Waals surface area contributed by atoms with Crippen LogP contribution >= 0.6 is 11.3 Å². The number of halogens is 3. The Balaban J connectivity index is 2.13. The molecule has 0 saturated carbocycles. The van der Waals surface area contributed by atoms with Crippen LogP contribution in [-0.2, 0) is 9.59 Å². The number of carboxylic acid groups (broad SMARTS) is 1. The van der Waals surface area contributed by atoms with E-state index in [1.165, 1.54) is 23.5 Å². The third kappa shape index (κ3) is 5.76. The Hall–Kier alpha value is -2.55. The van der Waals surface area contributed by atoms with Crippen molar-refractivity contribution >= 4 is 23.2 Å². The molecular weight excluding hydrogens is 371 g/mol. The molecule has 0 aliphatic rings. The molecule has 2 atom stereocenters. The van der Waals surface area contributed by atoms with Gasteiger partial charge in [0.1, 0.15) is 5.75 Å². The molecule has 2 unspecified atom stereocenters. The second-order valence-electron chi connectivity index (χ2n) is 5.51. The Morgan fingerprint density at radius 2 is 1.88 bits per heavy atom. The average molecular weight is 387 g/mol. The van der Waals surface area contributed by atoms with Gasteiger partial charge >= 0.3 is 12.3 Å². The quantitative estimate of drug-likeness (QED) is 0.751. The summed E-state index contributed by atoms with van der Waals surface area (Å²) >= 11 is 1.40. The van der Waals surface area contributed by atoms with Gasteiger partial charge in [-0.15, -0.1) is 24.5 Å². The Morgan fingerprint density at radius 3 is 2.38 bits per heavy atom. The lowest BCUT2D eigenvalue weighted by Crippen LogP contribution is -2.33. The first kappa shape index (κ1) is 19.8. The fourth-order valence-corrected chi connectivity index (χ4v) is 3.07. The van der Waals surface area contributed by atoms with Crippen LogP contribution in [0, 0.1) is 0 Å². The zero-order valence-corrected chi connectivity index (χ0v) is 14.4. The van der Waals surface area contributed by atoms with Crippen molar-refractivity contribution in [3.63, 3.8) is 0 Å². The monoisotopic (exact) mass is 387 g/mol. The fourth-order valence-electron chi connectivity index (χ4n) is 2.29. The maximum Gasteiger partial charge on any atom is 0.573 e. The molecule has 0 radical (unpaired) electrons. The summed E-state index contributed by atoms with van der Waals surface area (Å²) in [6, 6.07) is 7.47. The molecule has 9 heteroatoms. The fraction of sp³-hybridized carbons (Fsp3) is 0.294. The summed E-state index contributed by atoms with van der Waals surface area (Å²) in [6.07, 6.45) is -5.21. The van der Waals surface area contributed by atoms with Crippen molar-refractivity contribution < 1.29 is 32.6 Å². The lowest BCUT2D eigenvalue weighted by atomic mass is 10.0. The second kappa shape index (κ2) is 8.22. The van der Waals surface area contributed by atoms with E-state index in [9.17, 15) is 22.8 Å². The largest absolute Gasteiger partial charge is 0.573 e. The van der Waals surface area contributed by atoms with Crippen LogP contribution in [0.3, 0.4) is 0 Å². The number of alkyl halides is 3. The van der Waals surface area contributed by atoms with Crippen LogP contribution in [0.1, 0.15) is 35.7 Å². The predicted octanol–water partition coefficient (Wildman–Crippen LogP) is 4.08. The predicted molar refractivity (Wildman–Crippen MR) is 89.0 cm³/mol. The van der Waals surface area contributed by atoms with Gasteiger partial charge in [0.25, 0.3) is 0 Å². The smallest absolute Gasteiger partial charge is 0.481 e. The minimum Gasteiger partial charge on any atom is -0.481 e. The molecule has 1 aromatic carbocycles. The molecule has 0 fully saturated rings. The van der Waals surface area contributed by atoms with Crippen molar-refractivity contribution in [1.82, 2.24) is 5.32 Å². The highest BCUT2D eigenvalue weighted by atomic mass is 32.1. The highest BCUT2D eigenvalue weighted by Gasteiger charge is 2.31. The number of ether oxygens (including phenoxy) is 1.